The number of hydrogen-bond donors (Lipinski definition) is 1. The number of likely N-dealkylation sites (N-methyl/N-ethyl adjacent to an activating group) is 1. The number of quaternary nitrogens is 1. The highest BCUT2D eigenvalue weighted by atomic mass is 16.3. The van der Waals surface area contributed by atoms with Gasteiger partial charge in [0.1, 0.15) is 12.1 Å². The Morgan fingerprint density at radius 3 is 2.42 bits per heavy atom. The van der Waals surface area contributed by atoms with Crippen LogP contribution in [0.15, 0.2) is 12.2 Å². The molecule has 4 aliphatic carbocycles. The van der Waals surface area contributed by atoms with E-state index in [2.05, 4.69) is 46.9 Å². The van der Waals surface area contributed by atoms with E-state index in [0.29, 0.717) is 11.5 Å². The maximum Gasteiger partial charge on any atom is 0.116 e. The predicted octanol–water partition coefficient (Wildman–Crippen LogP) is 5.02. The summed E-state index contributed by atoms with van der Waals surface area (Å²) in [5, 5.41) is 11.5. The third-order valence-corrected chi connectivity index (χ3v) is 10.4. The summed E-state index contributed by atoms with van der Waals surface area (Å²) in [7, 11) is 2.39. The van der Waals surface area contributed by atoms with Gasteiger partial charge in [-0.25, -0.2) is 0 Å². The number of allylic oxidation sites excluding steroid dienone is 2. The summed E-state index contributed by atoms with van der Waals surface area (Å²) in [6.45, 7) is 12.0. The predicted molar refractivity (Wildman–Crippen MR) is 109 cm³/mol. The Hall–Kier alpha value is -0.340. The highest BCUT2D eigenvalue weighted by Crippen LogP contribution is 2.66. The quantitative estimate of drug-likeness (QED) is 0.553. The molecule has 148 valence electrons. The highest BCUT2D eigenvalue weighted by Gasteiger charge is 2.64. The molecule has 0 aromatic carbocycles. The van der Waals surface area contributed by atoms with Gasteiger partial charge in [0.15, 0.2) is 0 Å². The lowest BCUT2D eigenvalue weighted by molar-refractivity contribution is -0.933. The Bertz CT molecular complexity index is 567. The van der Waals surface area contributed by atoms with E-state index in [9.17, 15) is 5.11 Å². The Labute approximate surface area is 161 Å². The van der Waals surface area contributed by atoms with Crippen LogP contribution in [-0.2, 0) is 0 Å². The van der Waals surface area contributed by atoms with Crippen molar-refractivity contribution in [3.8, 4) is 0 Å². The molecule has 0 unspecified atom stereocenters. The van der Waals surface area contributed by atoms with Crippen LogP contribution in [0.3, 0.4) is 0 Å². The molecule has 2 heteroatoms. The van der Waals surface area contributed by atoms with Crippen LogP contribution in [0.25, 0.3) is 0 Å². The summed E-state index contributed by atoms with van der Waals surface area (Å²) in [4.78, 5) is 0. The fourth-order valence-corrected chi connectivity index (χ4v) is 8.11. The molecule has 2 nitrogen and oxygen atoms in total. The van der Waals surface area contributed by atoms with Gasteiger partial charge in [-0.3, -0.25) is 0 Å². The molecule has 0 aliphatic heterocycles. The Balaban J connectivity index is 1.65. The van der Waals surface area contributed by atoms with Crippen LogP contribution in [0.1, 0.15) is 72.6 Å². The molecule has 3 fully saturated rings. The van der Waals surface area contributed by atoms with Gasteiger partial charge in [0, 0.05) is 11.8 Å². The fourth-order valence-electron chi connectivity index (χ4n) is 8.11. The van der Waals surface area contributed by atoms with Crippen LogP contribution in [-0.4, -0.2) is 41.9 Å². The second kappa shape index (κ2) is 6.34. The molecule has 1 N–H and O–H groups in total. The largest absolute Gasteiger partial charge is 0.386 e. The molecule has 26 heavy (non-hydrogen) atoms. The molecule has 0 heterocycles. The van der Waals surface area contributed by atoms with Crippen molar-refractivity contribution in [1.29, 1.82) is 0 Å². The third kappa shape index (κ3) is 2.43. The Morgan fingerprint density at radius 2 is 1.73 bits per heavy atom. The average Bonchev–Trinajstić information content (AvgIpc) is 2.92. The molecule has 4 aliphatic rings. The lowest BCUT2D eigenvalue weighted by Gasteiger charge is -2.59. The van der Waals surface area contributed by atoms with Crippen molar-refractivity contribution in [3.63, 3.8) is 0 Å². The molecule has 0 spiro atoms. The van der Waals surface area contributed by atoms with E-state index in [0.717, 1.165) is 41.2 Å². The van der Waals surface area contributed by atoms with E-state index in [4.69, 9.17) is 0 Å². The van der Waals surface area contributed by atoms with Gasteiger partial charge in [0.25, 0.3) is 0 Å². The molecule has 0 aromatic heterocycles. The van der Waals surface area contributed by atoms with Gasteiger partial charge in [-0.1, -0.05) is 26.0 Å². The highest BCUT2D eigenvalue weighted by molar-refractivity contribution is 5.13. The van der Waals surface area contributed by atoms with Gasteiger partial charge >= 0.3 is 0 Å². The van der Waals surface area contributed by atoms with Crippen molar-refractivity contribution in [2.45, 2.75) is 84.8 Å². The standard InChI is InChI=1S/C24H42NO/c1-6-25(5,7-2)21-16-20-18-12-11-17-10-8-9-14-23(17,3)19(18)13-15-24(20,4)22(21)26/h8-9,17-22,26H,6-7,10-16H2,1-5H3/q+1/t17-,18-,19+,20+,21+,22-,23+,24+/m1/s1. The van der Waals surface area contributed by atoms with Gasteiger partial charge in [-0.15, -0.1) is 0 Å². The van der Waals surface area contributed by atoms with Crippen molar-refractivity contribution >= 4 is 0 Å². The lowest BCUT2D eigenvalue weighted by atomic mass is 9.46. The van der Waals surface area contributed by atoms with Gasteiger partial charge in [0.2, 0.25) is 0 Å². The zero-order valence-corrected chi connectivity index (χ0v) is 17.9. The van der Waals surface area contributed by atoms with Crippen LogP contribution in [0.4, 0.5) is 0 Å². The van der Waals surface area contributed by atoms with E-state index < -0.39 is 0 Å². The number of nitrogens with zero attached hydrogens (tertiary/aromatic N) is 1. The van der Waals surface area contributed by atoms with Crippen molar-refractivity contribution in [2.24, 2.45) is 34.5 Å². The number of aliphatic hydroxyl groups is 1. The van der Waals surface area contributed by atoms with Crippen molar-refractivity contribution in [2.75, 3.05) is 20.1 Å². The van der Waals surface area contributed by atoms with Crippen LogP contribution in [0, 0.1) is 34.5 Å². The van der Waals surface area contributed by atoms with Crippen LogP contribution in [0.2, 0.25) is 0 Å². The maximum absolute atomic E-state index is 11.5. The van der Waals surface area contributed by atoms with Crippen molar-refractivity contribution < 1.29 is 9.59 Å². The second-order valence-electron chi connectivity index (χ2n) is 11.0. The third-order valence-electron chi connectivity index (χ3n) is 10.4. The van der Waals surface area contributed by atoms with Crippen LogP contribution < -0.4 is 0 Å². The number of fused-ring (bicyclic) bond motifs is 5. The van der Waals surface area contributed by atoms with Crippen molar-refractivity contribution in [3.05, 3.63) is 12.2 Å². The fraction of sp³-hybridized carbons (Fsp3) is 0.917. The molecule has 0 aromatic rings. The first-order chi connectivity index (χ1) is 12.3. The number of aliphatic hydroxyl groups excluding tert-OH is 1. The van der Waals surface area contributed by atoms with Gasteiger partial charge in [-0.2, -0.15) is 0 Å². The van der Waals surface area contributed by atoms with E-state index in [1.807, 2.05) is 0 Å². The summed E-state index contributed by atoms with van der Waals surface area (Å²) < 4.78 is 1.05. The molecular weight excluding hydrogens is 318 g/mol. The smallest absolute Gasteiger partial charge is 0.116 e. The minimum atomic E-state index is -0.116. The summed E-state index contributed by atoms with van der Waals surface area (Å²) in [5.41, 5.74) is 0.680. The molecule has 0 bridgehead atoms. The first-order valence-electron chi connectivity index (χ1n) is 11.5. The second-order valence-corrected chi connectivity index (χ2v) is 11.0. The maximum atomic E-state index is 11.5. The van der Waals surface area contributed by atoms with Gasteiger partial charge in [0.05, 0.1) is 20.1 Å². The van der Waals surface area contributed by atoms with E-state index >= 15 is 0 Å². The number of rotatable bonds is 3. The molecule has 0 amide bonds. The average molecular weight is 361 g/mol. The Morgan fingerprint density at radius 1 is 1.00 bits per heavy atom. The van der Waals surface area contributed by atoms with E-state index in [1.54, 1.807) is 0 Å². The first-order valence-corrected chi connectivity index (χ1v) is 11.5. The Kier molecular flexibility index (Phi) is 4.63. The zero-order chi connectivity index (χ0) is 18.7. The molecule has 8 atom stereocenters. The number of hydrogen-bond acceptors (Lipinski definition) is 1. The molecule has 0 saturated heterocycles. The summed E-state index contributed by atoms with van der Waals surface area (Å²) in [5.74, 6) is 3.38. The molecular formula is C24H42NO+. The minimum absolute atomic E-state index is 0.116. The topological polar surface area (TPSA) is 20.2 Å². The lowest BCUT2D eigenvalue weighted by Crippen LogP contribution is -2.57. The van der Waals surface area contributed by atoms with E-state index in [-0.39, 0.29) is 11.5 Å². The summed E-state index contributed by atoms with van der Waals surface area (Å²) in [6.07, 6.45) is 14.1. The molecule has 4 rings (SSSR count). The van der Waals surface area contributed by atoms with Gasteiger partial charge < -0.3 is 9.59 Å². The van der Waals surface area contributed by atoms with Crippen LogP contribution in [0.5, 0.6) is 0 Å². The molecule has 3 saturated carbocycles. The van der Waals surface area contributed by atoms with E-state index in [1.165, 1.54) is 44.9 Å². The van der Waals surface area contributed by atoms with Gasteiger partial charge in [-0.05, 0) is 81.5 Å². The first kappa shape index (κ1) is 19.0. The van der Waals surface area contributed by atoms with Crippen LogP contribution >= 0.6 is 0 Å². The van der Waals surface area contributed by atoms with Crippen molar-refractivity contribution in [1.82, 2.24) is 0 Å². The minimum Gasteiger partial charge on any atom is -0.386 e. The normalized spacial score (nSPS) is 50.8. The monoisotopic (exact) mass is 360 g/mol. The molecule has 0 radical (unpaired) electrons. The summed E-state index contributed by atoms with van der Waals surface area (Å²) >= 11 is 0. The SMILES string of the molecule is CC[N+](C)(CC)[C@H]1C[C@H]2[C@@H]3CC[C@H]4CC=CC[C@]4(C)[C@H]3CC[C@]2(C)[C@@H]1O. The summed E-state index contributed by atoms with van der Waals surface area (Å²) in [6, 6.07) is 0.440. The zero-order valence-electron chi connectivity index (χ0n) is 17.9.